The summed E-state index contributed by atoms with van der Waals surface area (Å²) in [5, 5.41) is 0. The Hall–Kier alpha value is -2.18. The summed E-state index contributed by atoms with van der Waals surface area (Å²) in [6, 6.07) is 17.4. The van der Waals surface area contributed by atoms with Crippen LogP contribution < -0.4 is 9.80 Å². The number of hydrogen-bond acceptors (Lipinski definition) is 2. The zero-order chi connectivity index (χ0) is 14.2. The van der Waals surface area contributed by atoms with Crippen molar-refractivity contribution in [3.05, 3.63) is 60.2 Å². The molecule has 1 aliphatic heterocycles. The van der Waals surface area contributed by atoms with Crippen LogP contribution in [0.1, 0.15) is 12.5 Å². The second kappa shape index (κ2) is 7.90. The number of para-hydroxylation sites is 2. The Balaban J connectivity index is 0.00000161. The standard InChI is InChI=1S/C16H16BFN2.3FH/c1-2-19-14-10-6-7-11-15(14)20(16(19,17)18)12-13-8-4-3-5-9-13;;;/h3-11H,2,12H2,1H3;3*1H. The fourth-order valence-electron chi connectivity index (χ4n) is 2.76. The SMILES string of the molecule is F.F.F.[B]C1(F)N(CC)c2ccccc2N1Cc1ccccc1. The summed E-state index contributed by atoms with van der Waals surface area (Å²) >= 11 is 0. The number of nitrogens with zero attached hydrogens (tertiary/aromatic N) is 2. The molecule has 0 amide bonds. The largest absolute Gasteiger partial charge is 0.330 e. The third-order valence-electron chi connectivity index (χ3n) is 3.72. The van der Waals surface area contributed by atoms with Crippen molar-refractivity contribution in [1.82, 2.24) is 0 Å². The molecule has 124 valence electrons. The molecule has 2 nitrogen and oxygen atoms in total. The highest BCUT2D eigenvalue weighted by atomic mass is 19.1. The van der Waals surface area contributed by atoms with Gasteiger partial charge in [0, 0.05) is 13.1 Å². The molecule has 1 atom stereocenters. The Morgan fingerprint density at radius 2 is 1.35 bits per heavy atom. The molecule has 1 heterocycles. The van der Waals surface area contributed by atoms with Crippen molar-refractivity contribution < 1.29 is 18.5 Å². The zero-order valence-electron chi connectivity index (χ0n) is 12.7. The highest BCUT2D eigenvalue weighted by molar-refractivity contribution is 6.19. The molecule has 0 fully saturated rings. The van der Waals surface area contributed by atoms with Gasteiger partial charge in [-0.25, -0.2) is 4.39 Å². The van der Waals surface area contributed by atoms with Crippen LogP contribution in [0, 0.1) is 0 Å². The highest BCUT2D eigenvalue weighted by Gasteiger charge is 2.44. The van der Waals surface area contributed by atoms with Gasteiger partial charge in [-0.2, -0.15) is 0 Å². The molecule has 0 aromatic heterocycles. The van der Waals surface area contributed by atoms with Crippen LogP contribution in [0.15, 0.2) is 54.6 Å². The van der Waals surface area contributed by atoms with Crippen molar-refractivity contribution in [2.45, 2.75) is 19.3 Å². The van der Waals surface area contributed by atoms with Crippen molar-refractivity contribution in [3.63, 3.8) is 0 Å². The maximum absolute atomic E-state index is 15.0. The first kappa shape index (κ1) is 20.8. The van der Waals surface area contributed by atoms with E-state index in [2.05, 4.69) is 0 Å². The van der Waals surface area contributed by atoms with Crippen LogP contribution in [0.5, 0.6) is 0 Å². The van der Waals surface area contributed by atoms with Crippen molar-refractivity contribution in [2.24, 2.45) is 0 Å². The Bertz CT molecular complexity index is 610. The van der Waals surface area contributed by atoms with Crippen LogP contribution in [0.2, 0.25) is 0 Å². The monoisotopic (exact) mass is 326 g/mol. The van der Waals surface area contributed by atoms with Gasteiger partial charge in [0.05, 0.1) is 11.4 Å². The smallest absolute Gasteiger partial charge is 0.207 e. The molecule has 3 rings (SSSR count). The number of benzene rings is 2. The summed E-state index contributed by atoms with van der Waals surface area (Å²) in [5.74, 6) is -1.99. The van der Waals surface area contributed by atoms with Gasteiger partial charge >= 0.3 is 0 Å². The van der Waals surface area contributed by atoms with Gasteiger partial charge in [0.1, 0.15) is 0 Å². The summed E-state index contributed by atoms with van der Waals surface area (Å²) in [6.45, 7) is 2.88. The number of fused-ring (bicyclic) bond motifs is 1. The van der Waals surface area contributed by atoms with E-state index in [0.717, 1.165) is 16.9 Å². The van der Waals surface area contributed by atoms with E-state index in [0.29, 0.717) is 13.1 Å². The Kier molecular flexibility index (Phi) is 7.15. The molecule has 0 bridgehead atoms. The molecule has 0 saturated carbocycles. The molecule has 7 heteroatoms. The minimum atomic E-state index is -1.99. The molecule has 2 radical (unpaired) electrons. The van der Waals surface area contributed by atoms with Gasteiger partial charge in [-0.3, -0.25) is 14.1 Å². The first-order chi connectivity index (χ1) is 9.64. The first-order valence-electron chi connectivity index (χ1n) is 6.80. The van der Waals surface area contributed by atoms with Crippen molar-refractivity contribution in [3.8, 4) is 0 Å². The van der Waals surface area contributed by atoms with E-state index in [1.54, 1.807) is 9.80 Å². The van der Waals surface area contributed by atoms with Crippen LogP contribution in [0.4, 0.5) is 29.9 Å². The van der Waals surface area contributed by atoms with Crippen LogP contribution in [0.25, 0.3) is 0 Å². The zero-order valence-corrected chi connectivity index (χ0v) is 12.7. The van der Waals surface area contributed by atoms with Gasteiger partial charge in [0.25, 0.3) is 0 Å². The average molecular weight is 326 g/mol. The van der Waals surface area contributed by atoms with Gasteiger partial charge in [0.15, 0.2) is 7.85 Å². The summed E-state index contributed by atoms with van der Waals surface area (Å²) in [4.78, 5) is 3.20. The molecule has 0 aliphatic carbocycles. The number of halogens is 4. The third kappa shape index (κ3) is 3.43. The van der Waals surface area contributed by atoms with E-state index in [4.69, 9.17) is 7.85 Å². The van der Waals surface area contributed by atoms with E-state index in [-0.39, 0.29) is 14.1 Å². The second-order valence-corrected chi connectivity index (χ2v) is 4.94. The van der Waals surface area contributed by atoms with Crippen molar-refractivity contribution in [1.29, 1.82) is 0 Å². The fraction of sp³-hybridized carbons (Fsp3) is 0.250. The molecule has 2 aromatic rings. The molecule has 2 aromatic carbocycles. The average Bonchev–Trinajstić information content (AvgIpc) is 2.67. The summed E-state index contributed by atoms with van der Waals surface area (Å²) in [7, 11) is 5.96. The lowest BCUT2D eigenvalue weighted by Gasteiger charge is -2.37. The molecular weight excluding hydrogens is 307 g/mol. The van der Waals surface area contributed by atoms with E-state index < -0.39 is 5.82 Å². The molecule has 1 unspecified atom stereocenters. The number of rotatable bonds is 3. The van der Waals surface area contributed by atoms with Crippen LogP contribution in [0.3, 0.4) is 0 Å². The second-order valence-electron chi connectivity index (χ2n) is 4.94. The number of anilines is 2. The summed E-state index contributed by atoms with van der Waals surface area (Å²) < 4.78 is 15.0. The molecule has 23 heavy (non-hydrogen) atoms. The van der Waals surface area contributed by atoms with Gasteiger partial charge in [0.2, 0.25) is 5.82 Å². The van der Waals surface area contributed by atoms with Gasteiger partial charge < -0.3 is 9.80 Å². The minimum Gasteiger partial charge on any atom is -0.330 e. The first-order valence-corrected chi connectivity index (χ1v) is 6.80. The maximum Gasteiger partial charge on any atom is 0.207 e. The Labute approximate surface area is 134 Å². The lowest BCUT2D eigenvalue weighted by atomic mass is 9.99. The van der Waals surface area contributed by atoms with E-state index in [9.17, 15) is 0 Å². The predicted molar refractivity (Wildman–Crippen MR) is 89.2 cm³/mol. The van der Waals surface area contributed by atoms with Crippen molar-refractivity contribution >= 4 is 19.2 Å². The quantitative estimate of drug-likeness (QED) is 0.482. The van der Waals surface area contributed by atoms with Crippen LogP contribution >= 0.6 is 0 Å². The summed E-state index contributed by atoms with van der Waals surface area (Å²) in [5.41, 5.74) is 2.71. The predicted octanol–water partition coefficient (Wildman–Crippen LogP) is 3.74. The minimum absolute atomic E-state index is 0. The molecule has 1 aliphatic rings. The summed E-state index contributed by atoms with van der Waals surface area (Å²) in [6.07, 6.45) is 0. The van der Waals surface area contributed by atoms with Crippen LogP contribution in [-0.4, -0.2) is 20.2 Å². The Morgan fingerprint density at radius 3 is 1.87 bits per heavy atom. The normalized spacial score (nSPS) is 18.3. The maximum atomic E-state index is 15.0. The molecule has 0 spiro atoms. The van der Waals surface area contributed by atoms with Gasteiger partial charge in [-0.1, -0.05) is 42.5 Å². The van der Waals surface area contributed by atoms with Gasteiger partial charge in [-0.05, 0) is 24.6 Å². The van der Waals surface area contributed by atoms with Crippen molar-refractivity contribution in [2.75, 3.05) is 16.3 Å². The lowest BCUT2D eigenvalue weighted by Crippen LogP contribution is -2.54. The lowest BCUT2D eigenvalue weighted by molar-refractivity contribution is 0.264. The molecule has 0 saturated heterocycles. The molecular formula is C16H19BF4N2. The van der Waals surface area contributed by atoms with Gasteiger partial charge in [-0.15, -0.1) is 0 Å². The Morgan fingerprint density at radius 1 is 0.870 bits per heavy atom. The number of alkyl halides is 1. The number of hydrogen-bond donors (Lipinski definition) is 0. The fourth-order valence-corrected chi connectivity index (χ4v) is 2.76. The topological polar surface area (TPSA) is 6.48 Å². The van der Waals surface area contributed by atoms with E-state index in [1.807, 2.05) is 61.5 Å². The highest BCUT2D eigenvalue weighted by Crippen LogP contribution is 2.44. The third-order valence-corrected chi connectivity index (χ3v) is 3.72. The van der Waals surface area contributed by atoms with E-state index >= 15 is 4.39 Å². The van der Waals surface area contributed by atoms with Crippen LogP contribution in [-0.2, 0) is 6.54 Å². The van der Waals surface area contributed by atoms with E-state index in [1.165, 1.54) is 0 Å². The molecule has 0 N–H and O–H groups in total.